The van der Waals surface area contributed by atoms with Gasteiger partial charge in [-0.25, -0.2) is 17.5 Å². The third kappa shape index (κ3) is 3.91. The molecule has 0 bridgehead atoms. The van der Waals surface area contributed by atoms with Gasteiger partial charge < -0.3 is 5.73 Å². The number of benzene rings is 1. The highest BCUT2D eigenvalue weighted by molar-refractivity contribution is 7.89. The van der Waals surface area contributed by atoms with Crippen molar-refractivity contribution in [3.05, 3.63) is 28.5 Å². The number of rotatable bonds is 6. The van der Waals surface area contributed by atoms with Gasteiger partial charge in [-0.1, -0.05) is 11.6 Å². The van der Waals surface area contributed by atoms with E-state index in [0.29, 0.717) is 13.0 Å². The number of nitrogens with two attached hydrogens (primary N) is 1. The molecule has 0 aliphatic rings. The van der Waals surface area contributed by atoms with Gasteiger partial charge in [-0.3, -0.25) is 0 Å². The monoisotopic (exact) mass is 294 g/mol. The van der Waals surface area contributed by atoms with Crippen LogP contribution >= 0.6 is 11.6 Å². The van der Waals surface area contributed by atoms with E-state index in [4.69, 9.17) is 17.3 Å². The topological polar surface area (TPSA) is 72.2 Å². The number of unbranched alkanes of at least 4 members (excludes halogenated alkanes) is 1. The average Bonchev–Trinajstić information content (AvgIpc) is 2.29. The van der Waals surface area contributed by atoms with Gasteiger partial charge >= 0.3 is 0 Å². The first-order valence-electron chi connectivity index (χ1n) is 5.54. The summed E-state index contributed by atoms with van der Waals surface area (Å²) in [6.07, 6.45) is 1.38. The molecule has 0 saturated heterocycles. The van der Waals surface area contributed by atoms with Crippen molar-refractivity contribution in [2.24, 2.45) is 5.73 Å². The van der Waals surface area contributed by atoms with Gasteiger partial charge in [0.05, 0.1) is 5.02 Å². The maximum absolute atomic E-state index is 13.2. The average molecular weight is 295 g/mol. The van der Waals surface area contributed by atoms with Gasteiger partial charge in [0.1, 0.15) is 10.7 Å². The third-order valence-electron chi connectivity index (χ3n) is 2.43. The summed E-state index contributed by atoms with van der Waals surface area (Å²) in [6, 6.07) is 2.23. The lowest BCUT2D eigenvalue weighted by atomic mass is 10.2. The normalized spacial score (nSPS) is 11.8. The summed E-state index contributed by atoms with van der Waals surface area (Å²) < 4.78 is 39.5. The third-order valence-corrected chi connectivity index (χ3v) is 4.35. The molecule has 1 aromatic rings. The van der Waals surface area contributed by atoms with E-state index in [1.54, 1.807) is 0 Å². The lowest BCUT2D eigenvalue weighted by Crippen LogP contribution is -2.25. The van der Waals surface area contributed by atoms with Crippen LogP contribution in [-0.2, 0) is 10.0 Å². The summed E-state index contributed by atoms with van der Waals surface area (Å²) in [5, 5.41) is -0.121. The van der Waals surface area contributed by atoms with E-state index >= 15 is 0 Å². The van der Waals surface area contributed by atoms with E-state index in [-0.39, 0.29) is 22.0 Å². The second-order valence-electron chi connectivity index (χ2n) is 3.93. The molecule has 0 saturated carbocycles. The minimum Gasteiger partial charge on any atom is -0.330 e. The molecular formula is C11H16ClFN2O2S. The van der Waals surface area contributed by atoms with Crippen molar-refractivity contribution >= 4 is 21.6 Å². The summed E-state index contributed by atoms with van der Waals surface area (Å²) in [7, 11) is -3.70. The smallest absolute Gasteiger partial charge is 0.242 e. The first kappa shape index (κ1) is 15.4. The van der Waals surface area contributed by atoms with Crippen molar-refractivity contribution in [3.63, 3.8) is 0 Å². The fourth-order valence-corrected chi connectivity index (χ4v) is 3.06. The zero-order chi connectivity index (χ0) is 13.8. The Balaban J connectivity index is 2.88. The number of aryl methyl sites for hydroxylation is 1. The minimum absolute atomic E-state index is 0.101. The zero-order valence-electron chi connectivity index (χ0n) is 10.0. The molecule has 0 amide bonds. The van der Waals surface area contributed by atoms with Crippen LogP contribution in [0.3, 0.4) is 0 Å². The Morgan fingerprint density at radius 1 is 1.39 bits per heavy atom. The minimum atomic E-state index is -3.70. The molecule has 0 aromatic heterocycles. The standard InChI is InChI=1S/C11H16ClFN2O2S/c1-8-6-11(9(12)7-10(8)13)18(16,17)15-5-3-2-4-14/h6-7,15H,2-5,14H2,1H3. The van der Waals surface area contributed by atoms with Crippen molar-refractivity contribution in [1.29, 1.82) is 0 Å². The summed E-state index contributed by atoms with van der Waals surface area (Å²) >= 11 is 5.75. The number of nitrogens with one attached hydrogen (secondary N) is 1. The van der Waals surface area contributed by atoms with Crippen LogP contribution in [-0.4, -0.2) is 21.5 Å². The van der Waals surface area contributed by atoms with E-state index in [0.717, 1.165) is 12.5 Å². The largest absolute Gasteiger partial charge is 0.330 e. The van der Waals surface area contributed by atoms with E-state index in [9.17, 15) is 12.8 Å². The zero-order valence-corrected chi connectivity index (χ0v) is 11.6. The Hall–Kier alpha value is -0.690. The molecule has 7 heteroatoms. The van der Waals surface area contributed by atoms with Crippen LogP contribution in [0.15, 0.2) is 17.0 Å². The number of hydrogen-bond acceptors (Lipinski definition) is 3. The van der Waals surface area contributed by atoms with E-state index < -0.39 is 15.8 Å². The maximum atomic E-state index is 13.2. The summed E-state index contributed by atoms with van der Waals surface area (Å²) in [6.45, 7) is 2.28. The lowest BCUT2D eigenvalue weighted by Gasteiger charge is -2.09. The lowest BCUT2D eigenvalue weighted by molar-refractivity contribution is 0.576. The Kier molecular flexibility index (Phi) is 5.52. The summed E-state index contributed by atoms with van der Waals surface area (Å²) in [5.74, 6) is -0.526. The molecule has 0 heterocycles. The van der Waals surface area contributed by atoms with Crippen LogP contribution in [0, 0.1) is 12.7 Å². The molecule has 18 heavy (non-hydrogen) atoms. The van der Waals surface area contributed by atoms with Crippen LogP contribution in [0.2, 0.25) is 5.02 Å². The molecule has 4 nitrogen and oxygen atoms in total. The fraction of sp³-hybridized carbons (Fsp3) is 0.455. The Morgan fingerprint density at radius 2 is 2.06 bits per heavy atom. The summed E-state index contributed by atoms with van der Waals surface area (Å²) in [4.78, 5) is -0.101. The molecular weight excluding hydrogens is 279 g/mol. The number of hydrogen-bond donors (Lipinski definition) is 2. The predicted molar refractivity (Wildman–Crippen MR) is 69.6 cm³/mol. The molecule has 1 aromatic carbocycles. The second-order valence-corrected chi connectivity index (χ2v) is 6.07. The SMILES string of the molecule is Cc1cc(S(=O)(=O)NCCCCN)c(Cl)cc1F. The van der Waals surface area contributed by atoms with Crippen molar-refractivity contribution in [2.45, 2.75) is 24.7 Å². The van der Waals surface area contributed by atoms with Crippen molar-refractivity contribution < 1.29 is 12.8 Å². The van der Waals surface area contributed by atoms with Gasteiger partial charge in [-0.15, -0.1) is 0 Å². The molecule has 0 aliphatic heterocycles. The van der Waals surface area contributed by atoms with Crippen LogP contribution in [0.1, 0.15) is 18.4 Å². The fourth-order valence-electron chi connectivity index (χ4n) is 1.39. The van der Waals surface area contributed by atoms with Crippen molar-refractivity contribution in [1.82, 2.24) is 4.72 Å². The Morgan fingerprint density at radius 3 is 2.67 bits per heavy atom. The van der Waals surface area contributed by atoms with E-state index in [2.05, 4.69) is 4.72 Å². The molecule has 102 valence electrons. The van der Waals surface area contributed by atoms with Crippen LogP contribution in [0.25, 0.3) is 0 Å². The quantitative estimate of drug-likeness (QED) is 0.786. The van der Waals surface area contributed by atoms with Crippen molar-refractivity contribution in [2.75, 3.05) is 13.1 Å². The predicted octanol–water partition coefficient (Wildman–Crippen LogP) is 1.80. The molecule has 3 N–H and O–H groups in total. The Bertz CT molecular complexity index is 520. The molecule has 0 aliphatic carbocycles. The van der Waals surface area contributed by atoms with Gasteiger partial charge in [0.15, 0.2) is 0 Å². The molecule has 1 rings (SSSR count). The summed E-state index contributed by atoms with van der Waals surface area (Å²) in [5.41, 5.74) is 5.55. The van der Waals surface area contributed by atoms with Crippen molar-refractivity contribution in [3.8, 4) is 0 Å². The van der Waals surface area contributed by atoms with Gasteiger partial charge in [0.25, 0.3) is 0 Å². The number of halogens is 2. The first-order chi connectivity index (χ1) is 8.38. The van der Waals surface area contributed by atoms with Gasteiger partial charge in [-0.2, -0.15) is 0 Å². The molecule has 0 unspecified atom stereocenters. The number of sulfonamides is 1. The second kappa shape index (κ2) is 6.47. The van der Waals surface area contributed by atoms with E-state index in [1.165, 1.54) is 13.0 Å². The van der Waals surface area contributed by atoms with Crippen LogP contribution in [0.4, 0.5) is 4.39 Å². The first-order valence-corrected chi connectivity index (χ1v) is 7.40. The highest BCUT2D eigenvalue weighted by Gasteiger charge is 2.19. The maximum Gasteiger partial charge on any atom is 0.242 e. The molecule has 0 fully saturated rings. The Labute approximate surface area is 111 Å². The highest BCUT2D eigenvalue weighted by atomic mass is 35.5. The highest BCUT2D eigenvalue weighted by Crippen LogP contribution is 2.24. The van der Waals surface area contributed by atoms with Gasteiger partial charge in [-0.05, 0) is 44.0 Å². The molecule has 0 atom stereocenters. The van der Waals surface area contributed by atoms with Crippen LogP contribution < -0.4 is 10.5 Å². The van der Waals surface area contributed by atoms with Crippen LogP contribution in [0.5, 0.6) is 0 Å². The molecule has 0 radical (unpaired) electrons. The van der Waals surface area contributed by atoms with Gasteiger partial charge in [0.2, 0.25) is 10.0 Å². The molecule has 0 spiro atoms. The van der Waals surface area contributed by atoms with E-state index in [1.807, 2.05) is 0 Å². The van der Waals surface area contributed by atoms with Gasteiger partial charge in [0, 0.05) is 6.54 Å².